The normalized spacial score (nSPS) is 12.2. The first-order valence-electron chi connectivity index (χ1n) is 6.74. The van der Waals surface area contributed by atoms with Gasteiger partial charge in [0.2, 0.25) is 15.9 Å². The highest BCUT2D eigenvalue weighted by atomic mass is 32.2. The Hall–Kier alpha value is -1.44. The van der Waals surface area contributed by atoms with E-state index in [1.54, 1.807) is 12.1 Å². The molecule has 0 spiro atoms. The van der Waals surface area contributed by atoms with Crippen LogP contribution in [0, 0.1) is 5.41 Å². The number of anilines is 1. The van der Waals surface area contributed by atoms with E-state index in [9.17, 15) is 13.2 Å². The number of rotatable bonds is 6. The topological polar surface area (TPSA) is 101 Å². The number of benzene rings is 1. The largest absolute Gasteiger partial charge is 0.329 e. The third-order valence-electron chi connectivity index (χ3n) is 2.56. The smallest absolute Gasteiger partial charge is 0.240 e. The summed E-state index contributed by atoms with van der Waals surface area (Å²) in [5.41, 5.74) is 5.61. The second-order valence-electron chi connectivity index (χ2n) is 6.00. The summed E-state index contributed by atoms with van der Waals surface area (Å²) in [6, 6.07) is 6.14. The molecule has 21 heavy (non-hydrogen) atoms. The first-order valence-corrected chi connectivity index (χ1v) is 8.22. The van der Waals surface area contributed by atoms with Crippen LogP contribution in [0.5, 0.6) is 0 Å². The Labute approximate surface area is 126 Å². The maximum Gasteiger partial charge on any atom is 0.240 e. The number of hydrogen-bond acceptors (Lipinski definition) is 4. The van der Waals surface area contributed by atoms with Crippen LogP contribution in [0.3, 0.4) is 0 Å². The molecule has 0 aliphatic rings. The lowest BCUT2D eigenvalue weighted by Crippen LogP contribution is -2.29. The Morgan fingerprint density at radius 1 is 1.29 bits per heavy atom. The monoisotopic (exact) mass is 313 g/mol. The van der Waals surface area contributed by atoms with Gasteiger partial charge in [-0.25, -0.2) is 13.1 Å². The number of hydrogen-bond donors (Lipinski definition) is 3. The van der Waals surface area contributed by atoms with Gasteiger partial charge in [-0.15, -0.1) is 0 Å². The average Bonchev–Trinajstić information content (AvgIpc) is 2.34. The number of carbonyl (C=O) groups is 1. The summed E-state index contributed by atoms with van der Waals surface area (Å²) in [6.45, 7) is 6.28. The molecule has 0 bridgehead atoms. The number of carbonyl (C=O) groups excluding carboxylic acids is 1. The lowest BCUT2D eigenvalue weighted by atomic mass is 9.92. The average molecular weight is 313 g/mol. The lowest BCUT2D eigenvalue weighted by molar-refractivity contribution is -0.117. The van der Waals surface area contributed by atoms with Crippen molar-refractivity contribution in [2.24, 2.45) is 11.1 Å². The molecule has 118 valence electrons. The van der Waals surface area contributed by atoms with Crippen LogP contribution in [0.15, 0.2) is 29.2 Å². The van der Waals surface area contributed by atoms with Gasteiger partial charge in [0.1, 0.15) is 0 Å². The van der Waals surface area contributed by atoms with Crippen molar-refractivity contribution in [3.8, 4) is 0 Å². The molecule has 6 nitrogen and oxygen atoms in total. The molecule has 0 aliphatic heterocycles. The minimum absolute atomic E-state index is 0.101. The van der Waals surface area contributed by atoms with Crippen LogP contribution in [0.2, 0.25) is 0 Å². The predicted octanol–water partition coefficient (Wildman–Crippen LogP) is 1.30. The van der Waals surface area contributed by atoms with E-state index in [4.69, 9.17) is 5.73 Å². The third kappa shape index (κ3) is 6.24. The van der Waals surface area contributed by atoms with Crippen LogP contribution >= 0.6 is 0 Å². The van der Waals surface area contributed by atoms with Gasteiger partial charge >= 0.3 is 0 Å². The van der Waals surface area contributed by atoms with Crippen LogP contribution in [0.25, 0.3) is 0 Å². The highest BCUT2D eigenvalue weighted by Gasteiger charge is 2.17. The number of nitrogens with one attached hydrogen (secondary N) is 2. The standard InChI is InChI=1S/C14H23N3O3S/c1-14(2,3)10-13(18)17-11-5-4-6-12(9-11)21(19,20)16-8-7-15/h4-6,9,16H,7-8,10,15H2,1-3H3,(H,17,18). The Kier molecular flexibility index (Phi) is 5.88. The zero-order valence-electron chi connectivity index (χ0n) is 12.6. The molecular weight excluding hydrogens is 290 g/mol. The van der Waals surface area contributed by atoms with Gasteiger partial charge in [-0.3, -0.25) is 4.79 Å². The zero-order chi connectivity index (χ0) is 16.1. The zero-order valence-corrected chi connectivity index (χ0v) is 13.5. The molecule has 0 unspecified atom stereocenters. The Bertz CT molecular complexity index is 592. The van der Waals surface area contributed by atoms with Crippen molar-refractivity contribution in [3.63, 3.8) is 0 Å². The fraction of sp³-hybridized carbons (Fsp3) is 0.500. The molecule has 0 saturated heterocycles. The van der Waals surface area contributed by atoms with Crippen LogP contribution < -0.4 is 15.8 Å². The lowest BCUT2D eigenvalue weighted by Gasteiger charge is -2.17. The summed E-state index contributed by atoms with van der Waals surface area (Å²) in [5.74, 6) is -0.146. The first-order chi connectivity index (χ1) is 9.64. The predicted molar refractivity (Wildman–Crippen MR) is 83.4 cm³/mol. The minimum Gasteiger partial charge on any atom is -0.329 e. The quantitative estimate of drug-likeness (QED) is 0.736. The van der Waals surface area contributed by atoms with E-state index < -0.39 is 10.0 Å². The molecule has 0 atom stereocenters. The van der Waals surface area contributed by atoms with Crippen molar-refractivity contribution in [1.29, 1.82) is 0 Å². The van der Waals surface area contributed by atoms with E-state index in [0.717, 1.165) is 0 Å². The molecular formula is C14H23N3O3S. The molecule has 7 heteroatoms. The Balaban J connectivity index is 2.84. The summed E-state index contributed by atoms with van der Waals surface area (Å²) >= 11 is 0. The Morgan fingerprint density at radius 3 is 2.52 bits per heavy atom. The van der Waals surface area contributed by atoms with E-state index in [1.165, 1.54) is 12.1 Å². The van der Waals surface area contributed by atoms with Gasteiger partial charge in [0.25, 0.3) is 0 Å². The molecule has 0 fully saturated rings. The van der Waals surface area contributed by atoms with E-state index >= 15 is 0 Å². The van der Waals surface area contributed by atoms with Crippen LogP contribution in [0.4, 0.5) is 5.69 Å². The Morgan fingerprint density at radius 2 is 1.95 bits per heavy atom. The highest BCUT2D eigenvalue weighted by Crippen LogP contribution is 2.20. The molecule has 0 radical (unpaired) electrons. The molecule has 0 saturated carbocycles. The van der Waals surface area contributed by atoms with Crippen LogP contribution in [-0.4, -0.2) is 27.4 Å². The van der Waals surface area contributed by atoms with Gasteiger partial charge in [-0.05, 0) is 23.6 Å². The van der Waals surface area contributed by atoms with Crippen LogP contribution in [0.1, 0.15) is 27.2 Å². The molecule has 0 aliphatic carbocycles. The van der Waals surface area contributed by atoms with E-state index in [2.05, 4.69) is 10.0 Å². The fourth-order valence-corrected chi connectivity index (χ4v) is 2.80. The molecule has 0 aromatic heterocycles. The maximum atomic E-state index is 12.0. The summed E-state index contributed by atoms with van der Waals surface area (Å²) < 4.78 is 26.3. The molecule has 1 aromatic rings. The van der Waals surface area contributed by atoms with Crippen molar-refractivity contribution >= 4 is 21.6 Å². The summed E-state index contributed by atoms with van der Waals surface area (Å²) in [7, 11) is -3.60. The van der Waals surface area contributed by atoms with E-state index in [1.807, 2.05) is 20.8 Å². The minimum atomic E-state index is -3.60. The SMILES string of the molecule is CC(C)(C)CC(=O)Nc1cccc(S(=O)(=O)NCCN)c1. The van der Waals surface area contributed by atoms with Gasteiger partial charge in [0.15, 0.2) is 0 Å². The van der Waals surface area contributed by atoms with Crippen molar-refractivity contribution < 1.29 is 13.2 Å². The second-order valence-corrected chi connectivity index (χ2v) is 7.77. The van der Waals surface area contributed by atoms with E-state index in [0.29, 0.717) is 12.1 Å². The van der Waals surface area contributed by atoms with Gasteiger partial charge in [-0.1, -0.05) is 26.8 Å². The number of amides is 1. The van der Waals surface area contributed by atoms with Crippen molar-refractivity contribution in [3.05, 3.63) is 24.3 Å². The molecule has 0 heterocycles. The van der Waals surface area contributed by atoms with Gasteiger partial charge in [0.05, 0.1) is 4.90 Å². The highest BCUT2D eigenvalue weighted by molar-refractivity contribution is 7.89. The maximum absolute atomic E-state index is 12.0. The van der Waals surface area contributed by atoms with Gasteiger partial charge < -0.3 is 11.1 Å². The van der Waals surface area contributed by atoms with Crippen LogP contribution in [-0.2, 0) is 14.8 Å². The summed E-state index contributed by atoms with van der Waals surface area (Å²) in [5, 5.41) is 2.71. The molecule has 1 aromatic carbocycles. The van der Waals surface area contributed by atoms with Gasteiger partial charge in [-0.2, -0.15) is 0 Å². The van der Waals surface area contributed by atoms with Crippen molar-refractivity contribution in [2.75, 3.05) is 18.4 Å². The molecule has 1 amide bonds. The summed E-state index contributed by atoms with van der Waals surface area (Å²) in [6.07, 6.45) is 0.357. The third-order valence-corrected chi connectivity index (χ3v) is 4.01. The summed E-state index contributed by atoms with van der Waals surface area (Å²) in [4.78, 5) is 12.0. The van der Waals surface area contributed by atoms with Crippen molar-refractivity contribution in [2.45, 2.75) is 32.1 Å². The second kappa shape index (κ2) is 7.02. The molecule has 1 rings (SSSR count). The van der Waals surface area contributed by atoms with Gasteiger partial charge in [0, 0.05) is 25.2 Å². The van der Waals surface area contributed by atoms with Crippen molar-refractivity contribution in [1.82, 2.24) is 4.72 Å². The van der Waals surface area contributed by atoms with E-state index in [-0.39, 0.29) is 29.3 Å². The first kappa shape index (κ1) is 17.6. The molecule has 4 N–H and O–H groups in total. The number of sulfonamides is 1. The number of nitrogens with two attached hydrogens (primary N) is 1. The fourth-order valence-electron chi connectivity index (χ4n) is 1.70.